The highest BCUT2D eigenvalue weighted by atomic mass is 32.2. The van der Waals surface area contributed by atoms with Crippen molar-refractivity contribution in [2.45, 2.75) is 49.6 Å². The summed E-state index contributed by atoms with van der Waals surface area (Å²) < 4.78 is 33.8. The molecule has 0 amide bonds. The predicted octanol–water partition coefficient (Wildman–Crippen LogP) is 4.24. The molecule has 0 radical (unpaired) electrons. The number of aromatic amines is 1. The van der Waals surface area contributed by atoms with Gasteiger partial charge in [-0.25, -0.2) is 8.42 Å². The van der Waals surface area contributed by atoms with E-state index in [1.807, 2.05) is 18.2 Å². The first-order valence-electron chi connectivity index (χ1n) is 9.96. The average Bonchev–Trinajstić information content (AvgIpc) is 3.35. The topological polar surface area (TPSA) is 62.4 Å². The van der Waals surface area contributed by atoms with Gasteiger partial charge < -0.3 is 9.72 Å². The third kappa shape index (κ3) is 3.10. The predicted molar refractivity (Wildman–Crippen MR) is 109 cm³/mol. The Hall–Kier alpha value is -2.31. The van der Waals surface area contributed by atoms with Crippen LogP contribution < -0.4 is 4.74 Å². The first-order valence-corrected chi connectivity index (χ1v) is 11.4. The number of hydrogen-bond acceptors (Lipinski definition) is 3. The Labute approximate surface area is 165 Å². The minimum atomic E-state index is -3.53. The maximum Gasteiger partial charge on any atom is 0.243 e. The fourth-order valence-electron chi connectivity index (χ4n) is 4.41. The molecule has 1 fully saturated rings. The zero-order valence-electron chi connectivity index (χ0n) is 15.7. The molecule has 2 aromatic carbocycles. The van der Waals surface area contributed by atoms with Gasteiger partial charge in [0.2, 0.25) is 10.0 Å². The van der Waals surface area contributed by atoms with Crippen LogP contribution in [0, 0.1) is 0 Å². The van der Waals surface area contributed by atoms with Crippen molar-refractivity contribution in [2.75, 3.05) is 6.54 Å². The molecular formula is C22H24N2O3S. The van der Waals surface area contributed by atoms with Crippen molar-refractivity contribution in [3.05, 3.63) is 59.8 Å². The molecule has 0 unspecified atom stereocenters. The van der Waals surface area contributed by atoms with Crippen molar-refractivity contribution in [2.24, 2.45) is 0 Å². The normalized spacial score (nSPS) is 18.4. The quantitative estimate of drug-likeness (QED) is 0.718. The summed E-state index contributed by atoms with van der Waals surface area (Å²) in [7, 11) is -3.53. The average molecular weight is 397 g/mol. The highest BCUT2D eigenvalue weighted by molar-refractivity contribution is 7.89. The van der Waals surface area contributed by atoms with E-state index in [0.717, 1.165) is 36.2 Å². The Kier molecular flexibility index (Phi) is 4.40. The van der Waals surface area contributed by atoms with E-state index in [0.29, 0.717) is 18.0 Å². The summed E-state index contributed by atoms with van der Waals surface area (Å²) >= 11 is 0. The molecule has 6 heteroatoms. The van der Waals surface area contributed by atoms with Crippen LogP contribution in [-0.2, 0) is 23.0 Å². The van der Waals surface area contributed by atoms with Crippen LogP contribution in [0.25, 0.3) is 10.9 Å². The molecule has 1 aromatic heterocycles. The number of benzene rings is 2. The number of nitrogens with one attached hydrogen (secondary N) is 1. The maximum absolute atomic E-state index is 13.1. The third-order valence-corrected chi connectivity index (χ3v) is 7.77. The Morgan fingerprint density at radius 1 is 1.00 bits per heavy atom. The molecular weight excluding hydrogens is 372 g/mol. The van der Waals surface area contributed by atoms with Crippen LogP contribution in [0.15, 0.2) is 53.4 Å². The van der Waals surface area contributed by atoms with E-state index in [4.69, 9.17) is 4.74 Å². The molecule has 3 aromatic rings. The molecule has 2 heterocycles. The standard InChI is InChI=1S/C22H24N2O3S/c25-28(26,18-11-9-17(10-12-18)27-16-5-1-2-6-16)24-14-13-20-19-7-3-4-8-21(19)23-22(20)15-24/h3-4,7-12,16,23H,1-2,5-6,13-15H2. The van der Waals surface area contributed by atoms with Crippen LogP contribution in [0.5, 0.6) is 5.75 Å². The molecule has 0 saturated heterocycles. The van der Waals surface area contributed by atoms with E-state index in [9.17, 15) is 8.42 Å². The van der Waals surface area contributed by atoms with Gasteiger partial charge in [0.25, 0.3) is 0 Å². The second-order valence-corrected chi connectivity index (χ2v) is 9.65. The largest absolute Gasteiger partial charge is 0.490 e. The number of ether oxygens (including phenoxy) is 1. The summed E-state index contributed by atoms with van der Waals surface area (Å²) in [6, 6.07) is 15.0. The lowest BCUT2D eigenvalue weighted by Gasteiger charge is -2.26. The van der Waals surface area contributed by atoms with Crippen LogP contribution in [0.4, 0.5) is 0 Å². The molecule has 1 saturated carbocycles. The maximum atomic E-state index is 13.1. The molecule has 28 heavy (non-hydrogen) atoms. The number of para-hydroxylation sites is 1. The molecule has 1 aliphatic heterocycles. The number of fused-ring (bicyclic) bond motifs is 3. The summed E-state index contributed by atoms with van der Waals surface area (Å²) in [5, 5.41) is 1.20. The Bertz CT molecular complexity index is 1100. The first kappa shape index (κ1) is 17.8. The number of hydrogen-bond donors (Lipinski definition) is 1. The van der Waals surface area contributed by atoms with Gasteiger partial charge in [0.05, 0.1) is 17.5 Å². The Morgan fingerprint density at radius 2 is 1.75 bits per heavy atom. The fourth-order valence-corrected chi connectivity index (χ4v) is 5.82. The summed E-state index contributed by atoms with van der Waals surface area (Å²) in [6.07, 6.45) is 5.58. The van der Waals surface area contributed by atoms with Gasteiger partial charge in [-0.05, 0) is 68.0 Å². The lowest BCUT2D eigenvalue weighted by atomic mass is 10.1. The first-order chi connectivity index (χ1) is 13.6. The van der Waals surface area contributed by atoms with E-state index in [1.165, 1.54) is 23.8 Å². The molecule has 0 spiro atoms. The smallest absolute Gasteiger partial charge is 0.243 e. The van der Waals surface area contributed by atoms with Crippen LogP contribution in [0.3, 0.4) is 0 Å². The second kappa shape index (κ2) is 6.94. The van der Waals surface area contributed by atoms with Gasteiger partial charge in [-0.15, -0.1) is 0 Å². The van der Waals surface area contributed by atoms with E-state index in [1.54, 1.807) is 28.6 Å². The van der Waals surface area contributed by atoms with Gasteiger partial charge in [-0.1, -0.05) is 18.2 Å². The molecule has 5 nitrogen and oxygen atoms in total. The van der Waals surface area contributed by atoms with Gasteiger partial charge in [-0.3, -0.25) is 0 Å². The van der Waals surface area contributed by atoms with E-state index < -0.39 is 10.0 Å². The van der Waals surface area contributed by atoms with Gasteiger partial charge in [-0.2, -0.15) is 4.31 Å². The number of aromatic nitrogens is 1. The monoisotopic (exact) mass is 396 g/mol. The highest BCUT2D eigenvalue weighted by Crippen LogP contribution is 2.31. The van der Waals surface area contributed by atoms with Crippen molar-refractivity contribution in [1.82, 2.24) is 9.29 Å². The minimum absolute atomic E-state index is 0.269. The van der Waals surface area contributed by atoms with Crippen molar-refractivity contribution >= 4 is 20.9 Å². The highest BCUT2D eigenvalue weighted by Gasteiger charge is 2.30. The summed E-state index contributed by atoms with van der Waals surface area (Å²) in [5.41, 5.74) is 3.31. The Balaban J connectivity index is 1.36. The zero-order valence-corrected chi connectivity index (χ0v) is 16.5. The van der Waals surface area contributed by atoms with Gasteiger partial charge in [0.1, 0.15) is 5.75 Å². The lowest BCUT2D eigenvalue weighted by molar-refractivity contribution is 0.210. The molecule has 0 atom stereocenters. The summed E-state index contributed by atoms with van der Waals surface area (Å²) in [5.74, 6) is 0.752. The van der Waals surface area contributed by atoms with Gasteiger partial charge >= 0.3 is 0 Å². The van der Waals surface area contributed by atoms with Crippen LogP contribution in [0.2, 0.25) is 0 Å². The molecule has 1 N–H and O–H groups in total. The van der Waals surface area contributed by atoms with Crippen LogP contribution >= 0.6 is 0 Å². The molecule has 2 aliphatic rings. The molecule has 0 bridgehead atoms. The molecule has 1 aliphatic carbocycles. The fraction of sp³-hybridized carbons (Fsp3) is 0.364. The number of H-pyrrole nitrogens is 1. The zero-order chi connectivity index (χ0) is 19.1. The molecule has 146 valence electrons. The summed E-state index contributed by atoms with van der Waals surface area (Å²) in [4.78, 5) is 3.72. The van der Waals surface area contributed by atoms with Crippen LogP contribution in [0.1, 0.15) is 36.9 Å². The van der Waals surface area contributed by atoms with Crippen molar-refractivity contribution in [3.8, 4) is 5.75 Å². The number of sulfonamides is 1. The van der Waals surface area contributed by atoms with Crippen LogP contribution in [-0.4, -0.2) is 30.4 Å². The SMILES string of the molecule is O=S(=O)(c1ccc(OC2CCCC2)cc1)N1CCc2c([nH]c3ccccc23)C1. The van der Waals surface area contributed by atoms with Gasteiger partial charge in [0.15, 0.2) is 0 Å². The molecule has 5 rings (SSSR count). The van der Waals surface area contributed by atoms with Crippen molar-refractivity contribution in [1.29, 1.82) is 0 Å². The van der Waals surface area contributed by atoms with Crippen molar-refractivity contribution < 1.29 is 13.2 Å². The minimum Gasteiger partial charge on any atom is -0.490 e. The number of rotatable bonds is 4. The van der Waals surface area contributed by atoms with E-state index in [-0.39, 0.29) is 6.10 Å². The second-order valence-electron chi connectivity index (χ2n) is 7.71. The van der Waals surface area contributed by atoms with Gasteiger partial charge in [0, 0.05) is 23.1 Å². The van der Waals surface area contributed by atoms with Crippen molar-refractivity contribution in [3.63, 3.8) is 0 Å². The van der Waals surface area contributed by atoms with E-state index in [2.05, 4.69) is 11.1 Å². The third-order valence-electron chi connectivity index (χ3n) is 5.91. The Morgan fingerprint density at radius 3 is 2.54 bits per heavy atom. The lowest BCUT2D eigenvalue weighted by Crippen LogP contribution is -2.35. The number of nitrogens with zero attached hydrogens (tertiary/aromatic N) is 1. The van der Waals surface area contributed by atoms with E-state index >= 15 is 0 Å². The summed E-state index contributed by atoms with van der Waals surface area (Å²) in [6.45, 7) is 0.879.